The Balaban J connectivity index is 1.27. The third kappa shape index (κ3) is 3.18. The number of hydrogen-bond acceptors (Lipinski definition) is 10. The van der Waals surface area contributed by atoms with Gasteiger partial charge >= 0.3 is 5.97 Å². The predicted octanol–water partition coefficient (Wildman–Crippen LogP) is -0.727. The van der Waals surface area contributed by atoms with Crippen molar-refractivity contribution < 1.29 is 49.6 Å². The Morgan fingerprint density at radius 2 is 1.87 bits per heavy atom. The number of carbonyl (C=O) groups is 1. The maximum atomic E-state index is 12.5. The first-order chi connectivity index (χ1) is 18.2. The molecule has 3 heterocycles. The van der Waals surface area contributed by atoms with Crippen LogP contribution in [0.2, 0.25) is 0 Å². The molecule has 208 valence electrons. The van der Waals surface area contributed by atoms with Crippen LogP contribution in [0.25, 0.3) is 0 Å². The molecule has 38 heavy (non-hydrogen) atoms. The van der Waals surface area contributed by atoms with E-state index < -0.39 is 59.9 Å². The van der Waals surface area contributed by atoms with E-state index in [0.29, 0.717) is 37.4 Å². The van der Waals surface area contributed by atoms with Crippen LogP contribution in [0.15, 0.2) is 12.1 Å². The number of aliphatic carboxylic acids is 1. The van der Waals surface area contributed by atoms with Crippen molar-refractivity contribution in [2.75, 3.05) is 13.1 Å². The molecule has 3 aliphatic heterocycles. The van der Waals surface area contributed by atoms with E-state index in [1.807, 2.05) is 6.07 Å². The molecule has 11 heteroatoms. The Kier molecular flexibility index (Phi) is 5.60. The van der Waals surface area contributed by atoms with Crippen molar-refractivity contribution in [3.63, 3.8) is 0 Å². The lowest BCUT2D eigenvalue weighted by atomic mass is 9.48. The Morgan fingerprint density at radius 1 is 1.08 bits per heavy atom. The second-order valence-corrected chi connectivity index (χ2v) is 12.1. The number of ether oxygens (including phenoxy) is 3. The Bertz CT molecular complexity index is 1140. The number of rotatable bonds is 5. The maximum absolute atomic E-state index is 12.5. The lowest BCUT2D eigenvalue weighted by Crippen LogP contribution is -2.77. The zero-order chi connectivity index (χ0) is 26.6. The van der Waals surface area contributed by atoms with Gasteiger partial charge in [-0.05, 0) is 62.6 Å². The van der Waals surface area contributed by atoms with Crippen molar-refractivity contribution >= 4 is 5.97 Å². The number of carboxylic acid groups (broad SMARTS) is 1. The van der Waals surface area contributed by atoms with Crippen LogP contribution >= 0.6 is 0 Å². The third-order valence-corrected chi connectivity index (χ3v) is 10.3. The van der Waals surface area contributed by atoms with Crippen molar-refractivity contribution in [3.8, 4) is 11.5 Å². The summed E-state index contributed by atoms with van der Waals surface area (Å²) in [6.45, 7) is 1.76. The van der Waals surface area contributed by atoms with E-state index in [0.717, 1.165) is 24.2 Å². The second kappa shape index (κ2) is 8.50. The average Bonchev–Trinajstić information content (AvgIpc) is 3.21. The predicted molar refractivity (Wildman–Crippen MR) is 129 cm³/mol. The highest BCUT2D eigenvalue weighted by atomic mass is 16.7. The van der Waals surface area contributed by atoms with Gasteiger partial charge in [-0.2, -0.15) is 0 Å². The number of piperidine rings is 1. The normalized spacial score (nSPS) is 45.6. The van der Waals surface area contributed by atoms with Crippen LogP contribution in [0.3, 0.4) is 0 Å². The summed E-state index contributed by atoms with van der Waals surface area (Å²) in [7, 11) is 0. The minimum Gasteiger partial charge on any atom is -0.482 e. The molecule has 0 unspecified atom stereocenters. The first kappa shape index (κ1) is 25.0. The Labute approximate surface area is 219 Å². The van der Waals surface area contributed by atoms with Crippen LogP contribution in [-0.4, -0.2) is 109 Å². The van der Waals surface area contributed by atoms with Crippen LogP contribution in [-0.2, 0) is 21.4 Å². The summed E-state index contributed by atoms with van der Waals surface area (Å²) in [4.78, 5) is 14.0. The standard InChI is InChI=1S/C27H35NO10/c29-14-6-7-27(35)16-10-13-4-5-15(36-25-20(32)18(30)19(31)22(38-25)24(33)34)21-17(13)26(27,23(14)37-21)8-9-28(16)11-12-2-1-3-12/h4-5,12,14,16,18-20,22-23,25,29-32,35H,1-3,6-11H2,(H,33,34)/t14-,16+,18-,19-,20+,22-,23-,25+,26-,27+/m0/s1. The molecule has 4 fully saturated rings. The number of likely N-dealkylation sites (tertiary alicyclic amines) is 1. The summed E-state index contributed by atoms with van der Waals surface area (Å²) in [5, 5.41) is 63.7. The van der Waals surface area contributed by atoms with Gasteiger partial charge in [-0.15, -0.1) is 0 Å². The lowest BCUT2D eigenvalue weighted by Gasteiger charge is -2.64. The minimum atomic E-state index is -1.83. The molecular formula is C27H35NO10. The Hall–Kier alpha value is -1.99. The van der Waals surface area contributed by atoms with Gasteiger partial charge in [0.1, 0.15) is 24.4 Å². The summed E-state index contributed by atoms with van der Waals surface area (Å²) in [5.41, 5.74) is -0.0907. The van der Waals surface area contributed by atoms with E-state index >= 15 is 0 Å². The number of nitrogens with zero attached hydrogens (tertiary/aromatic N) is 1. The molecule has 0 amide bonds. The van der Waals surface area contributed by atoms with Gasteiger partial charge in [0.05, 0.1) is 17.1 Å². The van der Waals surface area contributed by atoms with Crippen LogP contribution < -0.4 is 9.47 Å². The molecule has 6 aliphatic rings. The maximum Gasteiger partial charge on any atom is 0.335 e. The molecule has 0 aromatic heterocycles. The lowest BCUT2D eigenvalue weighted by molar-refractivity contribution is -0.271. The number of aliphatic hydroxyl groups is 5. The van der Waals surface area contributed by atoms with Crippen molar-refractivity contribution in [2.24, 2.45) is 5.92 Å². The van der Waals surface area contributed by atoms with Gasteiger partial charge in [0.2, 0.25) is 6.29 Å². The molecule has 10 atom stereocenters. The van der Waals surface area contributed by atoms with Gasteiger partial charge in [-0.1, -0.05) is 12.5 Å². The van der Waals surface area contributed by atoms with Gasteiger partial charge in [0.25, 0.3) is 0 Å². The largest absolute Gasteiger partial charge is 0.482 e. The van der Waals surface area contributed by atoms with Crippen LogP contribution in [0, 0.1) is 5.92 Å². The molecule has 7 rings (SSSR count). The fourth-order valence-corrected chi connectivity index (χ4v) is 8.19. The number of hydrogen-bond donors (Lipinski definition) is 6. The topological polar surface area (TPSA) is 169 Å². The fraction of sp³-hybridized carbons (Fsp3) is 0.741. The average molecular weight is 534 g/mol. The molecule has 1 aromatic rings. The molecule has 3 aliphatic carbocycles. The minimum absolute atomic E-state index is 0.0860. The van der Waals surface area contributed by atoms with Crippen LogP contribution in [0.5, 0.6) is 11.5 Å². The summed E-state index contributed by atoms with van der Waals surface area (Å²) in [5.74, 6) is -0.327. The first-order valence-corrected chi connectivity index (χ1v) is 13.7. The van der Waals surface area contributed by atoms with Gasteiger partial charge in [0.15, 0.2) is 17.6 Å². The SMILES string of the molecule is O=C(O)[C@H]1O[C@@H](Oc2ccc3c4c2O[C@H]2[C@@H](O)CC[C@@]5(O)[C@@H](C3)N(CC3CCC3)CC[C@]425)[C@H](O)[C@@H](O)[C@@H]1O. The van der Waals surface area contributed by atoms with Gasteiger partial charge in [-0.25, -0.2) is 4.79 Å². The van der Waals surface area contributed by atoms with E-state index in [1.165, 1.54) is 19.3 Å². The first-order valence-electron chi connectivity index (χ1n) is 13.7. The fourth-order valence-electron chi connectivity index (χ4n) is 8.19. The zero-order valence-corrected chi connectivity index (χ0v) is 21.0. The van der Waals surface area contributed by atoms with E-state index in [4.69, 9.17) is 14.2 Å². The van der Waals surface area contributed by atoms with Crippen LogP contribution in [0.4, 0.5) is 0 Å². The van der Waals surface area contributed by atoms with Crippen molar-refractivity contribution in [1.82, 2.24) is 4.90 Å². The number of benzene rings is 1. The molecule has 1 spiro atoms. The Morgan fingerprint density at radius 3 is 2.58 bits per heavy atom. The van der Waals surface area contributed by atoms with E-state index in [2.05, 4.69) is 4.90 Å². The van der Waals surface area contributed by atoms with E-state index in [1.54, 1.807) is 6.07 Å². The van der Waals surface area contributed by atoms with Crippen molar-refractivity contribution in [3.05, 3.63) is 23.3 Å². The quantitative estimate of drug-likeness (QED) is 0.282. The smallest absolute Gasteiger partial charge is 0.335 e. The van der Waals surface area contributed by atoms with E-state index in [9.17, 15) is 35.4 Å². The van der Waals surface area contributed by atoms with Crippen LogP contribution in [0.1, 0.15) is 49.7 Å². The highest BCUT2D eigenvalue weighted by molar-refractivity contribution is 5.73. The summed E-state index contributed by atoms with van der Waals surface area (Å²) >= 11 is 0. The summed E-state index contributed by atoms with van der Waals surface area (Å²) < 4.78 is 17.7. The van der Waals surface area contributed by atoms with Crippen molar-refractivity contribution in [2.45, 2.75) is 105 Å². The van der Waals surface area contributed by atoms with Crippen molar-refractivity contribution in [1.29, 1.82) is 0 Å². The molecule has 6 N–H and O–H groups in total. The monoisotopic (exact) mass is 533 g/mol. The van der Waals surface area contributed by atoms with Gasteiger partial charge in [0, 0.05) is 18.2 Å². The molecular weight excluding hydrogens is 498 g/mol. The molecule has 11 nitrogen and oxygen atoms in total. The second-order valence-electron chi connectivity index (χ2n) is 12.1. The van der Waals surface area contributed by atoms with Gasteiger partial charge < -0.3 is 44.8 Å². The highest BCUT2D eigenvalue weighted by Crippen LogP contribution is 2.65. The number of carboxylic acids is 1. The summed E-state index contributed by atoms with van der Waals surface area (Å²) in [6, 6.07) is 3.47. The third-order valence-electron chi connectivity index (χ3n) is 10.3. The highest BCUT2D eigenvalue weighted by Gasteiger charge is 2.73. The molecule has 1 aromatic carbocycles. The number of aliphatic hydroxyl groups excluding tert-OH is 4. The molecule has 2 saturated carbocycles. The van der Waals surface area contributed by atoms with Gasteiger partial charge in [-0.3, -0.25) is 4.90 Å². The van der Waals surface area contributed by atoms with E-state index in [-0.39, 0.29) is 11.8 Å². The zero-order valence-electron chi connectivity index (χ0n) is 21.0. The molecule has 2 bridgehead atoms. The molecule has 0 radical (unpaired) electrons. The molecule has 2 saturated heterocycles. The summed E-state index contributed by atoms with van der Waals surface area (Å²) in [6.07, 6.45) is -4.35.